The second-order valence-corrected chi connectivity index (χ2v) is 10.9. The molecule has 13 nitrogen and oxygen atoms in total. The number of aromatic hydroxyl groups is 2. The molecule has 0 saturated carbocycles. The molecule has 0 radical (unpaired) electrons. The van der Waals surface area contributed by atoms with E-state index in [4.69, 9.17) is 17.2 Å². The van der Waals surface area contributed by atoms with Gasteiger partial charge in [0.2, 0.25) is 17.7 Å². The fourth-order valence-corrected chi connectivity index (χ4v) is 4.66. The molecule has 0 saturated heterocycles. The number of rotatable bonds is 17. The lowest BCUT2D eigenvalue weighted by Gasteiger charge is -2.25. The number of benzene rings is 3. The number of phenols is 2. The number of hydrogen-bond donors (Lipinski definition) is 8. The Morgan fingerprint density at radius 3 is 1.78 bits per heavy atom. The zero-order valence-corrected chi connectivity index (χ0v) is 25.3. The number of phenolic OH excluding ortho intramolecular Hbond substituents is 2. The van der Waals surface area contributed by atoms with Crippen LogP contribution in [-0.4, -0.2) is 70.9 Å². The van der Waals surface area contributed by atoms with Gasteiger partial charge in [-0.05, 0) is 66.6 Å². The summed E-state index contributed by atoms with van der Waals surface area (Å²) < 4.78 is 0. The molecule has 3 rings (SSSR count). The smallest absolute Gasteiger partial charge is 0.243 e. The van der Waals surface area contributed by atoms with Gasteiger partial charge in [-0.2, -0.15) is 0 Å². The topological polar surface area (TPSA) is 235 Å². The van der Waals surface area contributed by atoms with Crippen molar-refractivity contribution in [3.8, 4) is 11.5 Å². The average molecular weight is 632 g/mol. The van der Waals surface area contributed by atoms with Gasteiger partial charge in [0.25, 0.3) is 0 Å². The quantitative estimate of drug-likeness (QED) is 0.0438. The molecule has 4 atom stereocenters. The SMILES string of the molecule is NC(N)=NCCC[C@H](NC(=O)[C@H](Cc1ccc(O)cc1)NC(=O)[C@@H](N)Cc1ccccc1)C(=O)N[C@H](C=O)Cc1ccc(O)cc1. The molecular formula is C33H41N7O6. The summed E-state index contributed by atoms with van der Waals surface area (Å²) in [5, 5.41) is 27.3. The first-order valence-electron chi connectivity index (χ1n) is 14.8. The molecule has 0 bridgehead atoms. The van der Waals surface area contributed by atoms with Crippen molar-refractivity contribution in [2.45, 2.75) is 56.3 Å². The first kappa shape index (κ1) is 35.1. The van der Waals surface area contributed by atoms with Crippen molar-refractivity contribution in [3.63, 3.8) is 0 Å². The van der Waals surface area contributed by atoms with Crippen LogP contribution in [0, 0.1) is 0 Å². The maximum absolute atomic E-state index is 13.7. The number of carbonyl (C=O) groups excluding carboxylic acids is 4. The van der Waals surface area contributed by atoms with Crippen molar-refractivity contribution >= 4 is 30.0 Å². The molecule has 11 N–H and O–H groups in total. The summed E-state index contributed by atoms with van der Waals surface area (Å²) in [5.74, 6) is -1.86. The van der Waals surface area contributed by atoms with E-state index in [1.54, 1.807) is 24.3 Å². The molecular weight excluding hydrogens is 590 g/mol. The van der Waals surface area contributed by atoms with E-state index >= 15 is 0 Å². The van der Waals surface area contributed by atoms with E-state index < -0.39 is 41.9 Å². The molecule has 3 aromatic carbocycles. The van der Waals surface area contributed by atoms with Crippen LogP contribution < -0.4 is 33.2 Å². The maximum Gasteiger partial charge on any atom is 0.243 e. The number of nitrogens with two attached hydrogens (primary N) is 3. The molecule has 3 aromatic rings. The minimum absolute atomic E-state index is 0.0354. The van der Waals surface area contributed by atoms with Crippen LogP contribution in [0.25, 0.3) is 0 Å². The summed E-state index contributed by atoms with van der Waals surface area (Å²) in [6, 6.07) is 17.4. The third kappa shape index (κ3) is 11.9. The summed E-state index contributed by atoms with van der Waals surface area (Å²) in [6.45, 7) is 0.189. The Hall–Kier alpha value is -5.43. The van der Waals surface area contributed by atoms with Gasteiger partial charge in [-0.1, -0.05) is 54.6 Å². The van der Waals surface area contributed by atoms with Gasteiger partial charge >= 0.3 is 0 Å². The van der Waals surface area contributed by atoms with Crippen LogP contribution in [0.5, 0.6) is 11.5 Å². The first-order chi connectivity index (χ1) is 22.0. The summed E-state index contributed by atoms with van der Waals surface area (Å²) in [6.07, 6.45) is 1.46. The van der Waals surface area contributed by atoms with Crippen LogP contribution in [-0.2, 0) is 38.4 Å². The molecule has 0 aliphatic carbocycles. The number of carbonyl (C=O) groups is 4. The largest absolute Gasteiger partial charge is 0.508 e. The second kappa shape index (κ2) is 17.8. The lowest BCUT2D eigenvalue weighted by molar-refractivity contribution is -0.133. The predicted octanol–water partition coefficient (Wildman–Crippen LogP) is 0.160. The van der Waals surface area contributed by atoms with Gasteiger partial charge in [0.1, 0.15) is 29.9 Å². The highest BCUT2D eigenvalue weighted by Gasteiger charge is 2.29. The zero-order valence-electron chi connectivity index (χ0n) is 25.3. The molecule has 3 amide bonds. The Kier molecular flexibility index (Phi) is 13.5. The van der Waals surface area contributed by atoms with E-state index in [0.29, 0.717) is 23.8 Å². The van der Waals surface area contributed by atoms with Gasteiger partial charge in [-0.25, -0.2) is 0 Å². The van der Waals surface area contributed by atoms with Crippen LogP contribution in [0.4, 0.5) is 0 Å². The number of nitrogens with zero attached hydrogens (tertiary/aromatic N) is 1. The second-order valence-electron chi connectivity index (χ2n) is 10.9. The first-order valence-corrected chi connectivity index (χ1v) is 14.8. The van der Waals surface area contributed by atoms with E-state index in [0.717, 1.165) is 5.56 Å². The summed E-state index contributed by atoms with van der Waals surface area (Å²) in [4.78, 5) is 56.1. The lowest BCUT2D eigenvalue weighted by atomic mass is 10.0. The molecule has 0 unspecified atom stereocenters. The van der Waals surface area contributed by atoms with Crippen LogP contribution >= 0.6 is 0 Å². The third-order valence-electron chi connectivity index (χ3n) is 7.11. The molecule has 0 aromatic heterocycles. The fourth-order valence-electron chi connectivity index (χ4n) is 4.66. The van der Waals surface area contributed by atoms with Crippen LogP contribution in [0.15, 0.2) is 83.9 Å². The Bertz CT molecular complexity index is 1460. The molecule has 0 aliphatic heterocycles. The number of nitrogens with one attached hydrogen (secondary N) is 3. The van der Waals surface area contributed by atoms with Crippen molar-refractivity contribution < 1.29 is 29.4 Å². The van der Waals surface area contributed by atoms with Crippen LogP contribution in [0.3, 0.4) is 0 Å². The van der Waals surface area contributed by atoms with Crippen LogP contribution in [0.2, 0.25) is 0 Å². The molecule has 46 heavy (non-hydrogen) atoms. The number of hydrogen-bond acceptors (Lipinski definition) is 8. The van der Waals surface area contributed by atoms with Gasteiger partial charge in [0.15, 0.2) is 5.96 Å². The van der Waals surface area contributed by atoms with E-state index in [-0.39, 0.29) is 49.7 Å². The van der Waals surface area contributed by atoms with Crippen molar-refractivity contribution in [1.82, 2.24) is 16.0 Å². The van der Waals surface area contributed by atoms with Gasteiger partial charge in [0, 0.05) is 13.0 Å². The van der Waals surface area contributed by atoms with E-state index in [2.05, 4.69) is 20.9 Å². The van der Waals surface area contributed by atoms with E-state index in [1.165, 1.54) is 24.3 Å². The third-order valence-corrected chi connectivity index (χ3v) is 7.11. The van der Waals surface area contributed by atoms with Gasteiger partial charge < -0.3 is 48.2 Å². The Morgan fingerprint density at radius 1 is 0.696 bits per heavy atom. The van der Waals surface area contributed by atoms with E-state index in [9.17, 15) is 29.4 Å². The number of amides is 3. The minimum Gasteiger partial charge on any atom is -0.508 e. The highest BCUT2D eigenvalue weighted by molar-refractivity contribution is 5.93. The molecule has 13 heteroatoms. The van der Waals surface area contributed by atoms with E-state index in [1.807, 2.05) is 30.3 Å². The summed E-state index contributed by atoms with van der Waals surface area (Å²) in [5.41, 5.74) is 19.2. The van der Waals surface area contributed by atoms with Crippen molar-refractivity contribution in [2.75, 3.05) is 6.54 Å². The van der Waals surface area contributed by atoms with Crippen molar-refractivity contribution in [2.24, 2.45) is 22.2 Å². The monoisotopic (exact) mass is 631 g/mol. The number of aldehydes is 1. The Labute approximate surface area is 267 Å². The fraction of sp³-hybridized carbons (Fsp3) is 0.303. The number of guanidine groups is 1. The molecule has 0 spiro atoms. The molecule has 0 fully saturated rings. The maximum atomic E-state index is 13.7. The Balaban J connectivity index is 1.78. The molecule has 0 heterocycles. The average Bonchev–Trinajstić information content (AvgIpc) is 3.04. The lowest BCUT2D eigenvalue weighted by Crippen LogP contribution is -2.57. The van der Waals surface area contributed by atoms with Crippen molar-refractivity contribution in [3.05, 3.63) is 95.6 Å². The highest BCUT2D eigenvalue weighted by atomic mass is 16.3. The highest BCUT2D eigenvalue weighted by Crippen LogP contribution is 2.14. The summed E-state index contributed by atoms with van der Waals surface area (Å²) in [7, 11) is 0. The minimum atomic E-state index is -1.13. The number of aliphatic imine (C=N–C) groups is 1. The van der Waals surface area contributed by atoms with Gasteiger partial charge in [-0.15, -0.1) is 0 Å². The molecule has 0 aliphatic rings. The normalized spacial score (nSPS) is 13.3. The summed E-state index contributed by atoms with van der Waals surface area (Å²) >= 11 is 0. The van der Waals surface area contributed by atoms with Gasteiger partial charge in [0.05, 0.1) is 12.1 Å². The predicted molar refractivity (Wildman–Crippen MR) is 174 cm³/mol. The van der Waals surface area contributed by atoms with Gasteiger partial charge in [-0.3, -0.25) is 19.4 Å². The molecule has 244 valence electrons. The zero-order chi connectivity index (χ0) is 33.5. The standard InChI is InChI=1S/C33H41N7O6/c34-27(18-21-5-2-1-3-6-21)30(44)40-29(19-23-10-14-26(43)15-11-23)32(46)39-28(7-4-16-37-33(35)36)31(45)38-24(20-41)17-22-8-12-25(42)13-9-22/h1-3,5-6,8-15,20,24,27-29,42-43H,4,7,16-19,34H2,(H,38,45)(H,39,46)(H,40,44)(H4,35,36,37)/t24-,27-,28-,29-/m0/s1. The van der Waals surface area contributed by atoms with Crippen molar-refractivity contribution in [1.29, 1.82) is 0 Å². The Morgan fingerprint density at radius 2 is 1.22 bits per heavy atom. The van der Waals surface area contributed by atoms with Crippen LogP contribution in [0.1, 0.15) is 29.5 Å².